The van der Waals surface area contributed by atoms with Crippen molar-refractivity contribution in [3.05, 3.63) is 11.6 Å². The van der Waals surface area contributed by atoms with Crippen molar-refractivity contribution in [3.8, 4) is 0 Å². The number of fused-ring (bicyclic) bond motifs is 5. The molecule has 0 aromatic rings. The minimum atomic E-state index is -2.67. The SMILES string of the molecule is C[C@@H]1O[C@@H](O[C@H]2C[C@@H](O[Si](C)(C)C(C)(C)C)[C@]3(CO[Si](C)(C)C(C)(C)C)[C@H]4C(=O)C[C@]5(C)[C@@H](C6=CC(=O)OC6)CC[C@]5(O)[C@@H]4CC[C@]3(O)C2)[C@H](O)[C@H](O[Si](C)(C)C(C)(C)C)[C@H]1O. The van der Waals surface area contributed by atoms with Crippen molar-refractivity contribution in [1.29, 1.82) is 0 Å². The van der Waals surface area contributed by atoms with Gasteiger partial charge in [0, 0.05) is 36.9 Å². The highest BCUT2D eigenvalue weighted by molar-refractivity contribution is 6.75. The third-order valence-electron chi connectivity index (χ3n) is 18.6. The van der Waals surface area contributed by atoms with Gasteiger partial charge in [0.25, 0.3) is 0 Å². The molecule has 2 heterocycles. The first kappa shape index (κ1) is 50.6. The molecule has 5 fully saturated rings. The van der Waals surface area contributed by atoms with Gasteiger partial charge in [0.05, 0.1) is 34.9 Å². The molecule has 6 aliphatic rings. The summed E-state index contributed by atoms with van der Waals surface area (Å²) in [5.74, 6) is -1.88. The molecular weight excluding hydrogens is 841 g/mol. The zero-order valence-electron chi connectivity index (χ0n) is 41.3. The Morgan fingerprint density at radius 1 is 0.823 bits per heavy atom. The highest BCUT2D eigenvalue weighted by atomic mass is 28.4. The summed E-state index contributed by atoms with van der Waals surface area (Å²) in [5, 5.41) is 49.8. The van der Waals surface area contributed by atoms with Gasteiger partial charge in [-0.3, -0.25) is 4.79 Å². The zero-order valence-corrected chi connectivity index (χ0v) is 44.3. The van der Waals surface area contributed by atoms with E-state index in [4.69, 9.17) is 27.5 Å². The summed E-state index contributed by atoms with van der Waals surface area (Å²) in [4.78, 5) is 27.9. The van der Waals surface area contributed by atoms with Crippen molar-refractivity contribution in [2.45, 2.75) is 230 Å². The zero-order chi connectivity index (χ0) is 46.8. The molecule has 62 heavy (non-hydrogen) atoms. The van der Waals surface area contributed by atoms with E-state index in [1.54, 1.807) is 13.0 Å². The van der Waals surface area contributed by atoms with Crippen LogP contribution in [0.4, 0.5) is 0 Å². The highest BCUT2D eigenvalue weighted by Crippen LogP contribution is 2.71. The molecule has 2 aliphatic heterocycles. The van der Waals surface area contributed by atoms with Gasteiger partial charge < -0.3 is 47.9 Å². The number of ether oxygens (including phenoxy) is 3. The lowest BCUT2D eigenvalue weighted by Crippen LogP contribution is -2.77. The molecular formula is C47H84O12Si3. The molecule has 4 saturated carbocycles. The fourth-order valence-corrected chi connectivity index (χ4v) is 15.3. The van der Waals surface area contributed by atoms with Crippen LogP contribution in [0.1, 0.15) is 121 Å². The molecule has 14 atom stereocenters. The van der Waals surface area contributed by atoms with Crippen LogP contribution in [0.15, 0.2) is 11.6 Å². The van der Waals surface area contributed by atoms with E-state index in [1.165, 1.54) is 0 Å². The smallest absolute Gasteiger partial charge is 0.331 e. The first-order chi connectivity index (χ1) is 28.0. The Kier molecular flexibility index (Phi) is 13.2. The number of hydrogen-bond donors (Lipinski definition) is 4. The topological polar surface area (TPSA) is 170 Å². The summed E-state index contributed by atoms with van der Waals surface area (Å²) in [5.41, 5.74) is -4.07. The maximum atomic E-state index is 15.6. The summed E-state index contributed by atoms with van der Waals surface area (Å²) < 4.78 is 40.0. The predicted octanol–water partition coefficient (Wildman–Crippen LogP) is 7.78. The number of aliphatic hydroxyl groups is 4. The normalized spacial score (nSPS) is 42.2. The third kappa shape index (κ3) is 8.21. The van der Waals surface area contributed by atoms with Crippen LogP contribution >= 0.6 is 0 Å². The lowest BCUT2D eigenvalue weighted by molar-refractivity contribution is -0.327. The molecule has 6 rings (SSSR count). The first-order valence-electron chi connectivity index (χ1n) is 23.5. The standard InChI is InChI=1S/C47H84O12Si3/c1-28-37(50)39(59-62(16,17)43(8,9)10)38(51)40(56-28)57-30-23-34(58-61(14,15)42(5,6)7)46(27-55-60(12,13)41(2,3)4)36-32(18-20-45(46,52)24-30)47(53)21-19-31(29-22-35(49)54-26-29)44(47,11)25-33(36)48/h22,28,30-32,34,36-40,50-53H,18-21,23-27H2,1-17H3/t28-,30-,31+,32+,34+,36+,37-,38+,39+,40-,44+,45-,46+,47-/m0/s1. The second-order valence-corrected chi connectivity index (χ2v) is 39.6. The number of cyclic esters (lactones) is 1. The van der Waals surface area contributed by atoms with E-state index in [0.717, 1.165) is 5.57 Å². The fourth-order valence-electron chi connectivity index (χ4n) is 11.6. The van der Waals surface area contributed by atoms with Crippen molar-refractivity contribution in [1.82, 2.24) is 0 Å². The maximum absolute atomic E-state index is 15.6. The summed E-state index contributed by atoms with van der Waals surface area (Å²) in [7, 11) is -7.65. The predicted molar refractivity (Wildman–Crippen MR) is 246 cm³/mol. The van der Waals surface area contributed by atoms with Gasteiger partial charge in [0.15, 0.2) is 31.2 Å². The number of carbonyl (C=O) groups excluding carboxylic acids is 2. The molecule has 0 amide bonds. The van der Waals surface area contributed by atoms with E-state index >= 15 is 4.79 Å². The van der Waals surface area contributed by atoms with Crippen molar-refractivity contribution in [2.75, 3.05) is 13.2 Å². The summed E-state index contributed by atoms with van der Waals surface area (Å²) in [6.45, 7) is 36.4. The maximum Gasteiger partial charge on any atom is 0.331 e. The van der Waals surface area contributed by atoms with Gasteiger partial charge in [-0.2, -0.15) is 0 Å². The summed E-state index contributed by atoms with van der Waals surface area (Å²) in [6, 6.07) is 0. The average molecular weight is 925 g/mol. The van der Waals surface area contributed by atoms with E-state index in [9.17, 15) is 25.2 Å². The molecule has 0 unspecified atom stereocenters. The third-order valence-corrected chi connectivity index (χ3v) is 32.0. The minimum absolute atomic E-state index is 0.0143. The number of aliphatic hydroxyl groups excluding tert-OH is 2. The van der Waals surface area contributed by atoms with Gasteiger partial charge in [-0.1, -0.05) is 69.2 Å². The molecule has 12 nitrogen and oxygen atoms in total. The Morgan fingerprint density at radius 3 is 1.95 bits per heavy atom. The molecule has 0 bridgehead atoms. The van der Waals surface area contributed by atoms with E-state index in [-0.39, 0.29) is 71.7 Å². The number of ketones is 1. The van der Waals surface area contributed by atoms with Crippen LogP contribution in [0, 0.1) is 28.6 Å². The Bertz CT molecular complexity index is 1750. The molecule has 0 aromatic heterocycles. The molecule has 356 valence electrons. The van der Waals surface area contributed by atoms with Crippen molar-refractivity contribution in [3.63, 3.8) is 0 Å². The highest BCUT2D eigenvalue weighted by Gasteiger charge is 2.76. The van der Waals surface area contributed by atoms with Crippen LogP contribution in [0.2, 0.25) is 54.4 Å². The van der Waals surface area contributed by atoms with E-state index in [0.29, 0.717) is 19.3 Å². The Morgan fingerprint density at radius 2 is 1.40 bits per heavy atom. The van der Waals surface area contributed by atoms with E-state index in [1.807, 2.05) is 6.92 Å². The van der Waals surface area contributed by atoms with Crippen LogP contribution in [0.3, 0.4) is 0 Å². The number of carbonyl (C=O) groups is 2. The van der Waals surface area contributed by atoms with Gasteiger partial charge in [0.2, 0.25) is 0 Å². The fraction of sp³-hybridized carbons (Fsp3) is 0.915. The van der Waals surface area contributed by atoms with Gasteiger partial charge in [0.1, 0.15) is 30.7 Å². The van der Waals surface area contributed by atoms with Crippen LogP contribution in [-0.4, -0.2) is 124 Å². The summed E-state index contributed by atoms with van der Waals surface area (Å²) >= 11 is 0. The largest absolute Gasteiger partial charge is 0.458 e. The van der Waals surface area contributed by atoms with Crippen molar-refractivity contribution < 1.29 is 57.5 Å². The molecule has 4 aliphatic carbocycles. The van der Waals surface area contributed by atoms with Crippen molar-refractivity contribution >= 4 is 36.7 Å². The van der Waals surface area contributed by atoms with Crippen LogP contribution in [0.25, 0.3) is 0 Å². The van der Waals surface area contributed by atoms with Crippen molar-refractivity contribution in [2.24, 2.45) is 28.6 Å². The van der Waals surface area contributed by atoms with Crippen LogP contribution < -0.4 is 0 Å². The molecule has 15 heteroatoms. The Balaban J connectivity index is 1.45. The van der Waals surface area contributed by atoms with Gasteiger partial charge in [-0.25, -0.2) is 4.79 Å². The lowest BCUT2D eigenvalue weighted by atomic mass is 9.40. The molecule has 1 saturated heterocycles. The minimum Gasteiger partial charge on any atom is -0.458 e. The number of Topliss-reactive ketones (excluding diaryl/α,β-unsaturated/α-hetero) is 1. The molecule has 0 radical (unpaired) electrons. The first-order valence-corrected chi connectivity index (χ1v) is 32.2. The van der Waals surface area contributed by atoms with Crippen LogP contribution in [-0.2, 0) is 37.1 Å². The molecule has 0 spiro atoms. The quantitative estimate of drug-likeness (QED) is 0.0955. The monoisotopic (exact) mass is 925 g/mol. The van der Waals surface area contributed by atoms with Gasteiger partial charge in [-0.05, 0) is 111 Å². The average Bonchev–Trinajstić information content (AvgIpc) is 3.65. The lowest BCUT2D eigenvalue weighted by Gasteiger charge is -2.68. The Hall–Kier alpha value is -0.829. The molecule has 4 N–H and O–H groups in total. The number of esters is 1. The van der Waals surface area contributed by atoms with Crippen LogP contribution in [0.5, 0.6) is 0 Å². The summed E-state index contributed by atoms with van der Waals surface area (Å²) in [6.07, 6.45) is -2.80. The molecule has 0 aromatic carbocycles. The van der Waals surface area contributed by atoms with Gasteiger partial charge in [-0.15, -0.1) is 0 Å². The van der Waals surface area contributed by atoms with E-state index < -0.39 is 102 Å². The number of rotatable bonds is 10. The second kappa shape index (κ2) is 16.2. The van der Waals surface area contributed by atoms with Gasteiger partial charge >= 0.3 is 5.97 Å². The second-order valence-electron chi connectivity index (χ2n) is 25.2. The van der Waals surface area contributed by atoms with E-state index in [2.05, 4.69) is 102 Å². The Labute approximate surface area is 375 Å². The number of hydrogen-bond acceptors (Lipinski definition) is 12.